The van der Waals surface area contributed by atoms with Crippen LogP contribution in [0.25, 0.3) is 11.1 Å². The minimum absolute atomic E-state index is 0.0249. The summed E-state index contributed by atoms with van der Waals surface area (Å²) >= 11 is 0. The lowest BCUT2D eigenvalue weighted by Gasteiger charge is -2.36. The van der Waals surface area contributed by atoms with Gasteiger partial charge in [-0.25, -0.2) is 0 Å². The van der Waals surface area contributed by atoms with Crippen LogP contribution in [0.4, 0.5) is 0 Å². The van der Waals surface area contributed by atoms with Gasteiger partial charge in [0, 0.05) is 37.3 Å². The highest BCUT2D eigenvalue weighted by Crippen LogP contribution is 2.56. The average molecular weight is 602 g/mol. The topological polar surface area (TPSA) is 55.4 Å². The molecule has 0 spiro atoms. The fraction of sp³-hybridized carbons (Fsp3) is 0.351. The minimum atomic E-state index is -0.656. The Balaban J connectivity index is 1.49. The number of rotatable bonds is 6. The van der Waals surface area contributed by atoms with Gasteiger partial charge in [0.2, 0.25) is 0 Å². The van der Waals surface area contributed by atoms with E-state index in [1.54, 1.807) is 14.2 Å². The first-order chi connectivity index (χ1) is 21.6. The molecule has 4 aromatic carbocycles. The van der Waals surface area contributed by atoms with Crippen LogP contribution in [-0.4, -0.2) is 54.9 Å². The summed E-state index contributed by atoms with van der Waals surface area (Å²) in [6.07, 6.45) is 0. The molecular formula is C37H40B2O6. The summed E-state index contributed by atoms with van der Waals surface area (Å²) in [4.78, 5) is 0. The van der Waals surface area contributed by atoms with E-state index in [-0.39, 0.29) is 10.8 Å². The van der Waals surface area contributed by atoms with Crippen molar-refractivity contribution in [3.05, 3.63) is 107 Å². The molecule has 1 aliphatic carbocycles. The molecule has 2 saturated heterocycles. The number of methoxy groups -OCH3 is 2. The molecular weight excluding hydrogens is 562 g/mol. The molecule has 6 nitrogen and oxygen atoms in total. The van der Waals surface area contributed by atoms with Gasteiger partial charge < -0.3 is 28.1 Å². The van der Waals surface area contributed by atoms with E-state index in [0.717, 1.165) is 50.2 Å². The Labute approximate surface area is 267 Å². The maximum Gasteiger partial charge on any atom is 0.494 e. The van der Waals surface area contributed by atoms with Crippen molar-refractivity contribution in [2.75, 3.05) is 40.6 Å². The zero-order valence-corrected chi connectivity index (χ0v) is 27.0. The summed E-state index contributed by atoms with van der Waals surface area (Å²) in [6.45, 7) is 11.2. The van der Waals surface area contributed by atoms with Crippen LogP contribution in [-0.2, 0) is 24.0 Å². The Morgan fingerprint density at radius 2 is 1.09 bits per heavy atom. The fourth-order valence-corrected chi connectivity index (χ4v) is 6.99. The molecule has 0 amide bonds. The SMILES string of the molecule is COc1ccc(C2(c3ccc(OC)cc3)c3cc(B4OCC(C)(C)CO4)ccc3-c3c(B4OCC(C)(C)CO4)cccc32)cc1. The lowest BCUT2D eigenvalue weighted by atomic mass is 9.65. The van der Waals surface area contributed by atoms with Crippen molar-refractivity contribution in [2.45, 2.75) is 33.1 Å². The van der Waals surface area contributed by atoms with Crippen molar-refractivity contribution < 1.29 is 28.1 Å². The molecule has 0 bridgehead atoms. The molecule has 4 aromatic rings. The third-order valence-electron chi connectivity index (χ3n) is 9.29. The van der Waals surface area contributed by atoms with Crippen LogP contribution in [0.2, 0.25) is 0 Å². The van der Waals surface area contributed by atoms with E-state index >= 15 is 0 Å². The Morgan fingerprint density at radius 1 is 0.578 bits per heavy atom. The van der Waals surface area contributed by atoms with Crippen LogP contribution in [0.3, 0.4) is 0 Å². The van der Waals surface area contributed by atoms with Gasteiger partial charge in [0.05, 0.1) is 19.6 Å². The molecule has 2 aliphatic heterocycles. The van der Waals surface area contributed by atoms with E-state index < -0.39 is 19.7 Å². The van der Waals surface area contributed by atoms with E-state index in [0.29, 0.717) is 26.4 Å². The van der Waals surface area contributed by atoms with Crippen molar-refractivity contribution in [1.29, 1.82) is 0 Å². The average Bonchev–Trinajstić information content (AvgIpc) is 3.35. The van der Waals surface area contributed by atoms with Crippen LogP contribution in [0.1, 0.15) is 49.9 Å². The van der Waals surface area contributed by atoms with E-state index in [1.807, 2.05) is 24.3 Å². The second-order valence-corrected chi connectivity index (χ2v) is 14.0. The van der Waals surface area contributed by atoms with Crippen molar-refractivity contribution in [2.24, 2.45) is 10.8 Å². The van der Waals surface area contributed by atoms with Crippen LogP contribution in [0, 0.1) is 10.8 Å². The summed E-state index contributed by atoms with van der Waals surface area (Å²) in [6, 6.07) is 30.0. The molecule has 7 rings (SSSR count). The first kappa shape index (κ1) is 30.1. The van der Waals surface area contributed by atoms with E-state index in [1.165, 1.54) is 5.56 Å². The molecule has 0 N–H and O–H groups in total. The molecule has 0 atom stereocenters. The third-order valence-corrected chi connectivity index (χ3v) is 9.29. The largest absolute Gasteiger partial charge is 0.497 e. The molecule has 0 saturated carbocycles. The van der Waals surface area contributed by atoms with Gasteiger partial charge in [-0.3, -0.25) is 0 Å². The van der Waals surface area contributed by atoms with Crippen molar-refractivity contribution in [3.8, 4) is 22.6 Å². The number of hydrogen-bond acceptors (Lipinski definition) is 6. The molecule has 2 fully saturated rings. The Morgan fingerprint density at radius 3 is 1.60 bits per heavy atom. The molecule has 45 heavy (non-hydrogen) atoms. The molecule has 0 aromatic heterocycles. The second-order valence-electron chi connectivity index (χ2n) is 14.0. The summed E-state index contributed by atoms with van der Waals surface area (Å²) in [5, 5.41) is 0. The van der Waals surface area contributed by atoms with Crippen molar-refractivity contribution in [3.63, 3.8) is 0 Å². The smallest absolute Gasteiger partial charge is 0.494 e. The minimum Gasteiger partial charge on any atom is -0.497 e. The molecule has 2 heterocycles. The van der Waals surface area contributed by atoms with Gasteiger partial charge in [-0.2, -0.15) is 0 Å². The van der Waals surface area contributed by atoms with Gasteiger partial charge in [-0.15, -0.1) is 0 Å². The third kappa shape index (κ3) is 5.18. The number of fused-ring (bicyclic) bond motifs is 3. The highest BCUT2D eigenvalue weighted by molar-refractivity contribution is 6.63. The fourth-order valence-electron chi connectivity index (χ4n) is 6.99. The van der Waals surface area contributed by atoms with E-state index in [9.17, 15) is 0 Å². The Bertz CT molecular complexity index is 1630. The normalized spacial score (nSPS) is 19.5. The number of benzene rings is 4. The lowest BCUT2D eigenvalue weighted by molar-refractivity contribution is 0.0342. The second kappa shape index (κ2) is 11.4. The summed E-state index contributed by atoms with van der Waals surface area (Å²) in [5.74, 6) is 1.62. The Hall–Kier alpha value is -3.55. The Kier molecular flexibility index (Phi) is 7.60. The predicted octanol–water partition coefficient (Wildman–Crippen LogP) is 5.60. The van der Waals surface area contributed by atoms with Gasteiger partial charge in [0.1, 0.15) is 11.5 Å². The van der Waals surface area contributed by atoms with Crippen LogP contribution < -0.4 is 20.4 Å². The number of ether oxygens (including phenoxy) is 2. The van der Waals surface area contributed by atoms with Crippen LogP contribution >= 0.6 is 0 Å². The standard InChI is InChI=1S/C37H40B2O6/c1-35(2)21-42-38(43-22-35)27-14-19-30-32(20-27)37(25-10-15-28(40-5)16-11-25,26-12-17-29(41-6)18-13-26)31-8-7-9-33(34(30)31)39-44-23-36(3,4)24-45-39/h7-20H,21-24H2,1-6H3. The number of hydrogen-bond donors (Lipinski definition) is 0. The predicted molar refractivity (Wildman–Crippen MR) is 179 cm³/mol. The first-order valence-corrected chi connectivity index (χ1v) is 15.7. The van der Waals surface area contributed by atoms with Crippen LogP contribution in [0.15, 0.2) is 84.9 Å². The molecule has 0 radical (unpaired) electrons. The first-order valence-electron chi connectivity index (χ1n) is 15.7. The zero-order valence-electron chi connectivity index (χ0n) is 27.0. The van der Waals surface area contributed by atoms with Crippen molar-refractivity contribution in [1.82, 2.24) is 0 Å². The maximum absolute atomic E-state index is 6.40. The summed E-state index contributed by atoms with van der Waals surface area (Å²) in [7, 11) is 2.49. The maximum atomic E-state index is 6.40. The highest BCUT2D eigenvalue weighted by atomic mass is 16.6. The van der Waals surface area contributed by atoms with Gasteiger partial charge in [-0.05, 0) is 68.6 Å². The van der Waals surface area contributed by atoms with E-state index in [4.69, 9.17) is 28.1 Å². The quantitative estimate of drug-likeness (QED) is 0.236. The molecule has 0 unspecified atom stereocenters. The summed E-state index contributed by atoms with van der Waals surface area (Å²) in [5.41, 5.74) is 8.18. The highest BCUT2D eigenvalue weighted by Gasteiger charge is 2.49. The molecule has 3 aliphatic rings. The molecule has 230 valence electrons. The van der Waals surface area contributed by atoms with Gasteiger partial charge >= 0.3 is 14.2 Å². The van der Waals surface area contributed by atoms with Crippen LogP contribution in [0.5, 0.6) is 11.5 Å². The van der Waals surface area contributed by atoms with E-state index in [2.05, 4.69) is 88.4 Å². The molecule has 8 heteroatoms. The van der Waals surface area contributed by atoms with Gasteiger partial charge in [-0.1, -0.05) is 88.4 Å². The summed E-state index contributed by atoms with van der Waals surface area (Å²) < 4.78 is 36.6. The van der Waals surface area contributed by atoms with Crippen molar-refractivity contribution >= 4 is 25.2 Å². The zero-order chi connectivity index (χ0) is 31.4. The lowest BCUT2D eigenvalue weighted by Crippen LogP contribution is -2.48. The van der Waals surface area contributed by atoms with Gasteiger partial charge in [0.25, 0.3) is 0 Å². The monoisotopic (exact) mass is 602 g/mol. The van der Waals surface area contributed by atoms with Gasteiger partial charge in [0.15, 0.2) is 0 Å².